The second-order valence-corrected chi connectivity index (χ2v) is 5.55. The van der Waals surface area contributed by atoms with Gasteiger partial charge in [-0.15, -0.1) is 0 Å². The van der Waals surface area contributed by atoms with Gasteiger partial charge in [0, 0.05) is 6.42 Å². The fourth-order valence-corrected chi connectivity index (χ4v) is 2.05. The van der Waals surface area contributed by atoms with Crippen LogP contribution in [0.25, 0.3) is 0 Å². The van der Waals surface area contributed by atoms with Gasteiger partial charge in [0.05, 0.1) is 11.4 Å². The van der Waals surface area contributed by atoms with Crippen LogP contribution in [0.5, 0.6) is 0 Å². The summed E-state index contributed by atoms with van der Waals surface area (Å²) in [6.45, 7) is 3.86. The maximum absolute atomic E-state index is 12.0. The standard InChI is InChI=1S/C11H21BN2O4/c1-7(2)5-8(12(17)18)14-10(16)11(3-4-11)6-9(13)15/h7-8,17-18H,3-6H2,1-2H3,(H2,13,15)(H,14,16)/t8-/m0/s1. The smallest absolute Gasteiger partial charge is 0.426 e. The molecule has 0 unspecified atom stereocenters. The van der Waals surface area contributed by atoms with E-state index < -0.39 is 24.4 Å². The van der Waals surface area contributed by atoms with Crippen molar-refractivity contribution < 1.29 is 19.6 Å². The van der Waals surface area contributed by atoms with Crippen LogP contribution in [0.15, 0.2) is 0 Å². The number of hydrogen-bond donors (Lipinski definition) is 4. The molecular weight excluding hydrogens is 235 g/mol. The van der Waals surface area contributed by atoms with Gasteiger partial charge in [0.15, 0.2) is 0 Å². The predicted molar refractivity (Wildman–Crippen MR) is 67.1 cm³/mol. The highest BCUT2D eigenvalue weighted by Gasteiger charge is 2.51. The molecule has 1 rings (SSSR count). The molecule has 0 radical (unpaired) electrons. The molecule has 102 valence electrons. The zero-order valence-corrected chi connectivity index (χ0v) is 10.8. The molecule has 6 nitrogen and oxygen atoms in total. The van der Waals surface area contributed by atoms with E-state index in [-0.39, 0.29) is 18.2 Å². The molecule has 0 heterocycles. The molecular formula is C11H21BN2O4. The van der Waals surface area contributed by atoms with Gasteiger partial charge in [-0.2, -0.15) is 0 Å². The lowest BCUT2D eigenvalue weighted by atomic mass is 9.74. The Kier molecular flexibility index (Phi) is 4.75. The highest BCUT2D eigenvalue weighted by atomic mass is 16.4. The van der Waals surface area contributed by atoms with Crippen LogP contribution in [0.2, 0.25) is 0 Å². The van der Waals surface area contributed by atoms with Crippen molar-refractivity contribution in [2.24, 2.45) is 17.1 Å². The van der Waals surface area contributed by atoms with E-state index in [0.29, 0.717) is 19.3 Å². The van der Waals surface area contributed by atoms with Gasteiger partial charge in [0.1, 0.15) is 0 Å². The van der Waals surface area contributed by atoms with E-state index in [2.05, 4.69) is 5.32 Å². The largest absolute Gasteiger partial charge is 0.475 e. The number of amides is 2. The highest BCUT2D eigenvalue weighted by molar-refractivity contribution is 6.43. The lowest BCUT2D eigenvalue weighted by molar-refractivity contribution is -0.131. The zero-order valence-electron chi connectivity index (χ0n) is 10.8. The lowest BCUT2D eigenvalue weighted by Crippen LogP contribution is -2.50. The van der Waals surface area contributed by atoms with Crippen LogP contribution < -0.4 is 11.1 Å². The summed E-state index contributed by atoms with van der Waals surface area (Å²) in [4.78, 5) is 22.9. The van der Waals surface area contributed by atoms with Crippen molar-refractivity contribution in [2.75, 3.05) is 0 Å². The van der Waals surface area contributed by atoms with Gasteiger partial charge < -0.3 is 21.1 Å². The molecule has 18 heavy (non-hydrogen) atoms. The van der Waals surface area contributed by atoms with E-state index in [0.717, 1.165) is 0 Å². The maximum Gasteiger partial charge on any atom is 0.475 e. The fourth-order valence-electron chi connectivity index (χ4n) is 2.05. The minimum atomic E-state index is -1.60. The summed E-state index contributed by atoms with van der Waals surface area (Å²) >= 11 is 0. The molecule has 2 amide bonds. The molecule has 1 saturated carbocycles. The van der Waals surface area contributed by atoms with E-state index in [4.69, 9.17) is 5.73 Å². The van der Waals surface area contributed by atoms with Gasteiger partial charge in [-0.1, -0.05) is 13.8 Å². The van der Waals surface area contributed by atoms with Gasteiger partial charge in [0.25, 0.3) is 0 Å². The summed E-state index contributed by atoms with van der Waals surface area (Å²) in [6.07, 6.45) is 1.74. The summed E-state index contributed by atoms with van der Waals surface area (Å²) in [5, 5.41) is 21.1. The number of carbonyl (C=O) groups is 2. The summed E-state index contributed by atoms with van der Waals surface area (Å²) in [7, 11) is -1.60. The van der Waals surface area contributed by atoms with Crippen molar-refractivity contribution in [3.8, 4) is 0 Å². The molecule has 0 aliphatic heterocycles. The van der Waals surface area contributed by atoms with Gasteiger partial charge in [-0.05, 0) is 25.2 Å². The molecule has 0 spiro atoms. The Morgan fingerprint density at radius 2 is 1.94 bits per heavy atom. The molecule has 1 aliphatic rings. The Labute approximate surface area is 107 Å². The number of nitrogens with two attached hydrogens (primary N) is 1. The van der Waals surface area contributed by atoms with E-state index in [1.165, 1.54) is 0 Å². The quantitative estimate of drug-likeness (QED) is 0.446. The first-order chi connectivity index (χ1) is 8.27. The molecule has 0 saturated heterocycles. The Hall–Kier alpha value is -1.08. The molecule has 0 bridgehead atoms. The predicted octanol–water partition coefficient (Wildman–Crippen LogP) is -0.815. The Morgan fingerprint density at radius 3 is 2.28 bits per heavy atom. The number of carbonyl (C=O) groups excluding carboxylic acids is 2. The molecule has 1 atom stereocenters. The highest BCUT2D eigenvalue weighted by Crippen LogP contribution is 2.48. The topological polar surface area (TPSA) is 113 Å². The molecule has 0 aromatic carbocycles. The SMILES string of the molecule is CC(C)C[C@H](NC(=O)C1(CC(N)=O)CC1)B(O)O. The van der Waals surface area contributed by atoms with Crippen molar-refractivity contribution in [3.05, 3.63) is 0 Å². The van der Waals surface area contributed by atoms with Crippen molar-refractivity contribution >= 4 is 18.9 Å². The Morgan fingerprint density at radius 1 is 1.39 bits per heavy atom. The van der Waals surface area contributed by atoms with Crippen LogP contribution in [-0.2, 0) is 9.59 Å². The Balaban J connectivity index is 2.59. The van der Waals surface area contributed by atoms with E-state index in [1.54, 1.807) is 0 Å². The summed E-state index contributed by atoms with van der Waals surface area (Å²) in [5.74, 6) is -1.29. The van der Waals surface area contributed by atoms with E-state index in [1.807, 2.05) is 13.8 Å². The number of nitrogens with one attached hydrogen (secondary N) is 1. The summed E-state index contributed by atoms with van der Waals surface area (Å²) in [6, 6.07) is 0. The molecule has 7 heteroatoms. The van der Waals surface area contributed by atoms with E-state index in [9.17, 15) is 19.6 Å². The first-order valence-electron chi connectivity index (χ1n) is 6.22. The summed E-state index contributed by atoms with van der Waals surface area (Å²) in [5.41, 5.74) is 4.40. The van der Waals surface area contributed by atoms with Gasteiger partial charge in [-0.25, -0.2) is 0 Å². The van der Waals surface area contributed by atoms with Crippen molar-refractivity contribution in [1.29, 1.82) is 0 Å². The molecule has 1 aliphatic carbocycles. The first-order valence-corrected chi connectivity index (χ1v) is 6.22. The van der Waals surface area contributed by atoms with Gasteiger partial charge >= 0.3 is 7.12 Å². The third-order valence-electron chi connectivity index (χ3n) is 3.25. The first kappa shape index (κ1) is 15.0. The second kappa shape index (κ2) is 5.71. The van der Waals surface area contributed by atoms with Crippen LogP contribution in [0.1, 0.15) is 39.5 Å². The average molecular weight is 256 g/mol. The third-order valence-corrected chi connectivity index (χ3v) is 3.25. The fraction of sp³-hybridized carbons (Fsp3) is 0.818. The number of hydrogen-bond acceptors (Lipinski definition) is 4. The van der Waals surface area contributed by atoms with Crippen LogP contribution >= 0.6 is 0 Å². The van der Waals surface area contributed by atoms with Gasteiger partial charge in [0.2, 0.25) is 11.8 Å². The van der Waals surface area contributed by atoms with Crippen LogP contribution in [0.4, 0.5) is 0 Å². The minimum absolute atomic E-state index is 0.0226. The third kappa shape index (κ3) is 3.99. The number of rotatable bonds is 7. The molecule has 0 aromatic rings. The lowest BCUT2D eigenvalue weighted by Gasteiger charge is -2.22. The van der Waals surface area contributed by atoms with Crippen LogP contribution in [0.3, 0.4) is 0 Å². The maximum atomic E-state index is 12.0. The molecule has 5 N–H and O–H groups in total. The van der Waals surface area contributed by atoms with E-state index >= 15 is 0 Å². The zero-order chi connectivity index (χ0) is 13.9. The minimum Gasteiger partial charge on any atom is -0.426 e. The van der Waals surface area contributed by atoms with Crippen molar-refractivity contribution in [3.63, 3.8) is 0 Å². The normalized spacial score (nSPS) is 18.3. The summed E-state index contributed by atoms with van der Waals surface area (Å²) < 4.78 is 0. The number of primary amides is 1. The molecule has 0 aromatic heterocycles. The second-order valence-electron chi connectivity index (χ2n) is 5.55. The van der Waals surface area contributed by atoms with Crippen LogP contribution in [-0.4, -0.2) is 34.9 Å². The van der Waals surface area contributed by atoms with Crippen molar-refractivity contribution in [1.82, 2.24) is 5.32 Å². The van der Waals surface area contributed by atoms with Crippen LogP contribution in [0, 0.1) is 11.3 Å². The Bertz CT molecular complexity index is 329. The van der Waals surface area contributed by atoms with Crippen molar-refractivity contribution in [2.45, 2.75) is 45.5 Å². The average Bonchev–Trinajstić information content (AvgIpc) is 2.95. The van der Waals surface area contributed by atoms with Gasteiger partial charge in [-0.3, -0.25) is 9.59 Å². The monoisotopic (exact) mass is 256 g/mol. The molecule has 1 fully saturated rings.